The van der Waals surface area contributed by atoms with Crippen molar-refractivity contribution in [3.05, 3.63) is 12.2 Å². The van der Waals surface area contributed by atoms with Crippen LogP contribution in [0, 0.1) is 0 Å². The number of aliphatic hydroxyl groups is 3. The molecule has 1 fully saturated rings. The fourth-order valence-electron chi connectivity index (χ4n) is 1.56. The number of nitrogens with one attached hydrogen (secondary N) is 2. The highest BCUT2D eigenvalue weighted by atomic mass is 16.6. The fraction of sp³-hybridized carbons (Fsp3) is 0.600. The summed E-state index contributed by atoms with van der Waals surface area (Å²) in [5, 5.41) is 32.2. The second kappa shape index (κ2) is 5.91. The largest absolute Gasteiger partial charge is 0.394 e. The molecule has 0 aromatic rings. The smallest absolute Gasteiger partial charge is 0.321 e. The van der Waals surface area contributed by atoms with Crippen LogP contribution in [0.3, 0.4) is 0 Å². The van der Waals surface area contributed by atoms with Gasteiger partial charge in [0.25, 0.3) is 5.91 Å². The van der Waals surface area contributed by atoms with Crippen LogP contribution in [0.25, 0.3) is 0 Å². The minimum Gasteiger partial charge on any atom is -0.394 e. The summed E-state index contributed by atoms with van der Waals surface area (Å²) >= 11 is 0. The number of hydrogen-bond acceptors (Lipinski definition) is 6. The molecule has 0 aliphatic carbocycles. The topological polar surface area (TPSA) is 128 Å². The molecule has 1 aliphatic heterocycles. The molecule has 4 atom stereocenters. The van der Waals surface area contributed by atoms with Crippen LogP contribution in [0.1, 0.15) is 0 Å². The highest BCUT2D eigenvalue weighted by molar-refractivity contribution is 6.04. The molecule has 0 saturated carbocycles. The zero-order valence-electron chi connectivity index (χ0n) is 9.79. The molecule has 3 amide bonds. The van der Waals surface area contributed by atoms with Crippen LogP contribution in [0.2, 0.25) is 0 Å². The molecule has 0 bridgehead atoms. The molecule has 1 heterocycles. The number of urea groups is 1. The van der Waals surface area contributed by atoms with E-state index in [9.17, 15) is 19.8 Å². The van der Waals surface area contributed by atoms with Crippen molar-refractivity contribution in [3.8, 4) is 0 Å². The summed E-state index contributed by atoms with van der Waals surface area (Å²) in [6.45, 7) is 2.91. The van der Waals surface area contributed by atoms with Crippen molar-refractivity contribution in [2.45, 2.75) is 24.4 Å². The van der Waals surface area contributed by atoms with Crippen LogP contribution in [0.15, 0.2) is 12.2 Å². The van der Waals surface area contributed by atoms with Gasteiger partial charge in [0.2, 0.25) is 0 Å². The summed E-state index contributed by atoms with van der Waals surface area (Å²) in [6.07, 6.45) is -4.86. The van der Waals surface area contributed by atoms with Crippen LogP contribution in [-0.4, -0.2) is 65.3 Å². The van der Waals surface area contributed by atoms with Gasteiger partial charge < -0.3 is 25.4 Å². The summed E-state index contributed by atoms with van der Waals surface area (Å²) in [7, 11) is 1.33. The highest BCUT2D eigenvalue weighted by Gasteiger charge is 2.44. The van der Waals surface area contributed by atoms with Crippen molar-refractivity contribution in [1.82, 2.24) is 10.6 Å². The molecule has 1 aliphatic rings. The molecule has 5 N–H and O–H groups in total. The number of carbonyl (C=O) groups excluding carboxylic acids is 2. The predicted molar refractivity (Wildman–Crippen MR) is 59.5 cm³/mol. The van der Waals surface area contributed by atoms with Crippen molar-refractivity contribution < 1.29 is 29.6 Å². The van der Waals surface area contributed by atoms with E-state index in [1.807, 2.05) is 5.32 Å². The van der Waals surface area contributed by atoms with Crippen LogP contribution in [0.5, 0.6) is 0 Å². The number of hydrogen-bond donors (Lipinski definition) is 5. The van der Waals surface area contributed by atoms with Gasteiger partial charge in [0.1, 0.15) is 24.4 Å². The molecule has 18 heavy (non-hydrogen) atoms. The zero-order chi connectivity index (χ0) is 13.9. The third-order valence-electron chi connectivity index (χ3n) is 2.63. The molecule has 8 heteroatoms. The van der Waals surface area contributed by atoms with Gasteiger partial charge in [0, 0.05) is 12.6 Å². The Bertz CT molecular complexity index is 358. The second-order valence-electron chi connectivity index (χ2n) is 3.82. The predicted octanol–water partition coefficient (Wildman–Crippen LogP) is -2.52. The van der Waals surface area contributed by atoms with Crippen molar-refractivity contribution in [2.24, 2.45) is 0 Å². The van der Waals surface area contributed by atoms with Gasteiger partial charge in [-0.25, -0.2) is 4.79 Å². The first-order chi connectivity index (χ1) is 8.42. The first-order valence-corrected chi connectivity index (χ1v) is 5.26. The van der Waals surface area contributed by atoms with Crippen molar-refractivity contribution in [2.75, 3.05) is 13.7 Å². The Morgan fingerprint density at radius 1 is 1.33 bits per heavy atom. The minimum atomic E-state index is -1.38. The summed E-state index contributed by atoms with van der Waals surface area (Å²) in [4.78, 5) is 22.5. The summed E-state index contributed by atoms with van der Waals surface area (Å²) in [6, 6.07) is -0.729. The maximum Gasteiger partial charge on any atom is 0.321 e. The van der Waals surface area contributed by atoms with E-state index in [1.54, 1.807) is 0 Å². The molecule has 1 saturated heterocycles. The lowest BCUT2D eigenvalue weighted by Gasteiger charge is -2.16. The number of amides is 3. The first-order valence-electron chi connectivity index (χ1n) is 5.26. The quantitative estimate of drug-likeness (QED) is 0.356. The van der Waals surface area contributed by atoms with Gasteiger partial charge in [0.15, 0.2) is 0 Å². The summed E-state index contributed by atoms with van der Waals surface area (Å²) in [5.41, 5.74) is -0.207. The van der Waals surface area contributed by atoms with Crippen LogP contribution < -0.4 is 10.6 Å². The number of carbonyl (C=O) groups is 2. The molecule has 0 spiro atoms. The lowest BCUT2D eigenvalue weighted by molar-refractivity contribution is -0.118. The third kappa shape index (κ3) is 2.85. The minimum absolute atomic E-state index is 0.207. The Kier molecular flexibility index (Phi) is 4.79. The van der Waals surface area contributed by atoms with E-state index < -0.39 is 43.0 Å². The Morgan fingerprint density at radius 2 is 1.94 bits per heavy atom. The second-order valence-corrected chi connectivity index (χ2v) is 3.82. The van der Waals surface area contributed by atoms with Crippen molar-refractivity contribution in [3.63, 3.8) is 0 Å². The lowest BCUT2D eigenvalue weighted by atomic mass is 10.0. The summed E-state index contributed by atoms with van der Waals surface area (Å²) < 4.78 is 5.09. The van der Waals surface area contributed by atoms with Crippen LogP contribution in [-0.2, 0) is 9.53 Å². The van der Waals surface area contributed by atoms with E-state index in [-0.39, 0.29) is 5.57 Å². The Hall–Kier alpha value is -1.48. The molecule has 0 aromatic carbocycles. The van der Waals surface area contributed by atoms with E-state index in [0.717, 1.165) is 0 Å². The molecule has 1 rings (SSSR count). The van der Waals surface area contributed by atoms with Gasteiger partial charge >= 0.3 is 6.03 Å². The average molecular weight is 260 g/mol. The van der Waals surface area contributed by atoms with Gasteiger partial charge in [-0.15, -0.1) is 0 Å². The number of imide groups is 1. The Morgan fingerprint density at radius 3 is 2.39 bits per heavy atom. The lowest BCUT2D eigenvalue weighted by Crippen LogP contribution is -2.42. The van der Waals surface area contributed by atoms with E-state index in [1.165, 1.54) is 7.05 Å². The van der Waals surface area contributed by atoms with Gasteiger partial charge in [-0.3, -0.25) is 10.1 Å². The SMILES string of the molecule is C=C(C(=O)NC(=O)NC)[C@@H]1O[C@H](CO)[C@@H](O)[C@H]1O. The van der Waals surface area contributed by atoms with E-state index in [4.69, 9.17) is 9.84 Å². The molecule has 0 aromatic heterocycles. The van der Waals surface area contributed by atoms with Gasteiger partial charge in [-0.05, 0) is 0 Å². The fourth-order valence-corrected chi connectivity index (χ4v) is 1.56. The maximum absolute atomic E-state index is 11.5. The average Bonchev–Trinajstić information content (AvgIpc) is 2.64. The zero-order valence-corrected chi connectivity index (χ0v) is 9.79. The normalized spacial score (nSPS) is 30.9. The van der Waals surface area contributed by atoms with Crippen molar-refractivity contribution in [1.29, 1.82) is 0 Å². The van der Waals surface area contributed by atoms with E-state index in [2.05, 4.69) is 11.9 Å². The van der Waals surface area contributed by atoms with Gasteiger partial charge in [0.05, 0.1) is 6.61 Å². The molecule has 102 valence electrons. The van der Waals surface area contributed by atoms with Gasteiger partial charge in [-0.1, -0.05) is 6.58 Å². The van der Waals surface area contributed by atoms with E-state index >= 15 is 0 Å². The first kappa shape index (κ1) is 14.6. The molecule has 0 unspecified atom stereocenters. The number of rotatable bonds is 3. The molecule has 8 nitrogen and oxygen atoms in total. The Balaban J connectivity index is 2.68. The number of ether oxygens (including phenoxy) is 1. The molecular weight excluding hydrogens is 244 g/mol. The standard InChI is InChI=1S/C10H16N2O6/c1-4(9(16)12-10(17)11-2)8-7(15)6(14)5(3-13)18-8/h5-8,13-15H,1,3H2,2H3,(H2,11,12,16,17)/t5-,6-,7-,8+/m1/s1. The van der Waals surface area contributed by atoms with Crippen LogP contribution >= 0.6 is 0 Å². The van der Waals surface area contributed by atoms with Crippen LogP contribution in [0.4, 0.5) is 4.79 Å². The highest BCUT2D eigenvalue weighted by Crippen LogP contribution is 2.25. The monoisotopic (exact) mass is 260 g/mol. The van der Waals surface area contributed by atoms with Gasteiger partial charge in [-0.2, -0.15) is 0 Å². The molecular formula is C10H16N2O6. The molecule has 0 radical (unpaired) electrons. The third-order valence-corrected chi connectivity index (χ3v) is 2.63. The van der Waals surface area contributed by atoms with E-state index in [0.29, 0.717) is 0 Å². The summed E-state index contributed by atoms with van der Waals surface area (Å²) in [5.74, 6) is -0.829. The van der Waals surface area contributed by atoms with Crippen molar-refractivity contribution >= 4 is 11.9 Å². The Labute approximate surface area is 103 Å². The maximum atomic E-state index is 11.5. The number of aliphatic hydroxyl groups excluding tert-OH is 3.